The zero-order valence-electron chi connectivity index (χ0n) is 13.4. The third kappa shape index (κ3) is 2.83. The van der Waals surface area contributed by atoms with Gasteiger partial charge in [-0.2, -0.15) is 0 Å². The summed E-state index contributed by atoms with van der Waals surface area (Å²) in [7, 11) is 0. The summed E-state index contributed by atoms with van der Waals surface area (Å²) in [6.45, 7) is 0. The number of nitrogens with two attached hydrogens (primary N) is 1. The van der Waals surface area contributed by atoms with Crippen LogP contribution >= 0.6 is 11.3 Å². The van der Waals surface area contributed by atoms with Crippen LogP contribution in [-0.4, -0.2) is 20.8 Å². The Morgan fingerprint density at radius 3 is 2.67 bits per heavy atom. The third-order valence-electron chi connectivity index (χ3n) is 4.73. The Morgan fingerprint density at radius 1 is 1.21 bits per heavy atom. The molecule has 24 heavy (non-hydrogen) atoms. The number of anilines is 1. The largest absolute Gasteiger partial charge is 0.324 e. The zero-order chi connectivity index (χ0) is 16.6. The fourth-order valence-electron chi connectivity index (χ4n) is 3.26. The summed E-state index contributed by atoms with van der Waals surface area (Å²) in [5.74, 6) is -0.0718. The first kappa shape index (κ1) is 15.4. The first-order chi connectivity index (χ1) is 11.6. The van der Waals surface area contributed by atoms with Crippen LogP contribution in [0.15, 0.2) is 42.0 Å². The molecule has 1 aliphatic rings. The summed E-state index contributed by atoms with van der Waals surface area (Å²) in [5.41, 5.74) is 8.30. The molecule has 3 N–H and O–H groups in total. The molecule has 2 heterocycles. The van der Waals surface area contributed by atoms with Gasteiger partial charge < -0.3 is 11.1 Å². The van der Waals surface area contributed by atoms with E-state index in [2.05, 4.69) is 10.3 Å². The van der Waals surface area contributed by atoms with Gasteiger partial charge in [0.1, 0.15) is 0 Å². The number of nitrogens with one attached hydrogen (secondary N) is 1. The molecule has 6 heteroatoms. The van der Waals surface area contributed by atoms with E-state index < -0.39 is 5.54 Å². The Morgan fingerprint density at radius 2 is 1.96 bits per heavy atom. The Hall–Kier alpha value is -2.18. The lowest BCUT2D eigenvalue weighted by atomic mass is 9.82. The van der Waals surface area contributed by atoms with Crippen molar-refractivity contribution in [2.45, 2.75) is 37.6 Å². The average molecular weight is 340 g/mol. The minimum Gasteiger partial charge on any atom is -0.324 e. The lowest BCUT2D eigenvalue weighted by Gasteiger charge is -2.31. The number of aromatic nitrogens is 2. The molecule has 2 aromatic heterocycles. The molecule has 1 aromatic carbocycles. The van der Waals surface area contributed by atoms with Gasteiger partial charge >= 0.3 is 0 Å². The molecule has 0 radical (unpaired) electrons. The van der Waals surface area contributed by atoms with E-state index in [0.29, 0.717) is 0 Å². The summed E-state index contributed by atoms with van der Waals surface area (Å²) < 4.78 is 2.01. The zero-order valence-corrected chi connectivity index (χ0v) is 14.2. The van der Waals surface area contributed by atoms with Crippen molar-refractivity contribution in [3.8, 4) is 11.3 Å². The van der Waals surface area contributed by atoms with E-state index in [0.717, 1.165) is 47.6 Å². The Kier molecular flexibility index (Phi) is 3.86. The molecule has 0 unspecified atom stereocenters. The second-order valence-corrected chi connectivity index (χ2v) is 7.34. The van der Waals surface area contributed by atoms with E-state index in [4.69, 9.17) is 5.73 Å². The summed E-state index contributed by atoms with van der Waals surface area (Å²) in [6.07, 6.45) is 8.76. The highest BCUT2D eigenvalue weighted by atomic mass is 32.1. The van der Waals surface area contributed by atoms with Gasteiger partial charge in [-0.05, 0) is 25.0 Å². The predicted octanol–water partition coefficient (Wildman–Crippen LogP) is 3.66. The van der Waals surface area contributed by atoms with Gasteiger partial charge in [0.05, 0.1) is 11.2 Å². The molecule has 4 rings (SSSR count). The van der Waals surface area contributed by atoms with Gasteiger partial charge in [0.25, 0.3) is 0 Å². The quantitative estimate of drug-likeness (QED) is 0.764. The molecule has 1 fully saturated rings. The van der Waals surface area contributed by atoms with Crippen molar-refractivity contribution in [3.63, 3.8) is 0 Å². The molecule has 0 saturated heterocycles. The number of hydrogen-bond acceptors (Lipinski definition) is 4. The molecule has 124 valence electrons. The van der Waals surface area contributed by atoms with Crippen LogP contribution in [-0.2, 0) is 4.79 Å². The maximum absolute atomic E-state index is 12.5. The van der Waals surface area contributed by atoms with Crippen LogP contribution in [0, 0.1) is 0 Å². The Labute approximate surface area is 144 Å². The molecular formula is C18H20N4OS. The molecule has 0 atom stereocenters. The van der Waals surface area contributed by atoms with Gasteiger partial charge in [0, 0.05) is 29.0 Å². The number of rotatable bonds is 3. The van der Waals surface area contributed by atoms with Gasteiger partial charge in [-0.3, -0.25) is 9.20 Å². The van der Waals surface area contributed by atoms with Crippen molar-refractivity contribution in [2.24, 2.45) is 5.73 Å². The van der Waals surface area contributed by atoms with E-state index in [1.165, 1.54) is 6.42 Å². The Balaban J connectivity index is 1.49. The van der Waals surface area contributed by atoms with Crippen LogP contribution < -0.4 is 11.1 Å². The number of hydrogen-bond donors (Lipinski definition) is 2. The number of carbonyl (C=O) groups excluding carboxylic acids is 1. The number of imidazole rings is 1. The van der Waals surface area contributed by atoms with Crippen molar-refractivity contribution >= 4 is 27.9 Å². The maximum Gasteiger partial charge on any atom is 0.244 e. The van der Waals surface area contributed by atoms with Gasteiger partial charge in [-0.1, -0.05) is 31.4 Å². The first-order valence-electron chi connectivity index (χ1n) is 8.27. The Bertz CT molecular complexity index is 830. The van der Waals surface area contributed by atoms with Crippen LogP contribution in [0.1, 0.15) is 32.1 Å². The maximum atomic E-state index is 12.5. The number of carbonyl (C=O) groups is 1. The fraction of sp³-hybridized carbons (Fsp3) is 0.333. The predicted molar refractivity (Wildman–Crippen MR) is 97.1 cm³/mol. The SMILES string of the molecule is NC1(C(=O)Nc2ccc(-c3cn4ccsc4n3)cc2)CCCCC1. The smallest absolute Gasteiger partial charge is 0.244 e. The van der Waals surface area contributed by atoms with Crippen molar-refractivity contribution in [2.75, 3.05) is 5.32 Å². The number of benzene rings is 1. The molecule has 1 amide bonds. The number of thiazole rings is 1. The van der Waals surface area contributed by atoms with Crippen LogP contribution in [0.3, 0.4) is 0 Å². The average Bonchev–Trinajstić information content (AvgIpc) is 3.18. The minimum atomic E-state index is -0.717. The van der Waals surface area contributed by atoms with Crippen LogP contribution in [0.25, 0.3) is 16.2 Å². The molecule has 1 saturated carbocycles. The summed E-state index contributed by atoms with van der Waals surface area (Å²) >= 11 is 1.61. The molecule has 5 nitrogen and oxygen atoms in total. The van der Waals surface area contributed by atoms with Crippen LogP contribution in [0.5, 0.6) is 0 Å². The molecule has 1 aliphatic carbocycles. The van der Waals surface area contributed by atoms with Crippen LogP contribution in [0.4, 0.5) is 5.69 Å². The van der Waals surface area contributed by atoms with E-state index >= 15 is 0 Å². The third-order valence-corrected chi connectivity index (χ3v) is 5.50. The summed E-state index contributed by atoms with van der Waals surface area (Å²) in [4.78, 5) is 18.0. The standard InChI is InChI=1S/C18H20N4OS/c19-18(8-2-1-3-9-18)16(23)20-14-6-4-13(5-7-14)15-12-22-10-11-24-17(22)21-15/h4-7,10-12H,1-3,8-9,19H2,(H,20,23). The van der Waals surface area contributed by atoms with E-state index in [-0.39, 0.29) is 5.91 Å². The highest BCUT2D eigenvalue weighted by molar-refractivity contribution is 7.15. The fourth-order valence-corrected chi connectivity index (χ4v) is 3.96. The summed E-state index contributed by atoms with van der Waals surface area (Å²) in [5, 5.41) is 4.98. The van der Waals surface area contributed by atoms with Crippen molar-refractivity contribution in [1.29, 1.82) is 0 Å². The second-order valence-electron chi connectivity index (χ2n) is 6.47. The first-order valence-corrected chi connectivity index (χ1v) is 9.15. The second kappa shape index (κ2) is 6.03. The normalized spacial score (nSPS) is 17.0. The molecule has 0 spiro atoms. The van der Waals surface area contributed by atoms with Gasteiger partial charge in [0.2, 0.25) is 5.91 Å². The number of fused-ring (bicyclic) bond motifs is 1. The molecule has 3 aromatic rings. The van der Waals surface area contributed by atoms with E-state index in [9.17, 15) is 4.79 Å². The van der Waals surface area contributed by atoms with E-state index in [1.54, 1.807) is 11.3 Å². The number of nitrogens with zero attached hydrogens (tertiary/aromatic N) is 2. The van der Waals surface area contributed by atoms with Crippen molar-refractivity contribution in [1.82, 2.24) is 9.38 Å². The van der Waals surface area contributed by atoms with Gasteiger partial charge in [0.15, 0.2) is 4.96 Å². The molecule has 0 aliphatic heterocycles. The topological polar surface area (TPSA) is 72.4 Å². The van der Waals surface area contributed by atoms with Gasteiger partial charge in [-0.25, -0.2) is 4.98 Å². The highest BCUT2D eigenvalue weighted by Crippen LogP contribution is 2.28. The lowest BCUT2D eigenvalue weighted by Crippen LogP contribution is -2.52. The minimum absolute atomic E-state index is 0.0718. The highest BCUT2D eigenvalue weighted by Gasteiger charge is 2.35. The summed E-state index contributed by atoms with van der Waals surface area (Å²) in [6, 6.07) is 7.78. The van der Waals surface area contributed by atoms with Crippen molar-refractivity contribution in [3.05, 3.63) is 42.0 Å². The van der Waals surface area contributed by atoms with Gasteiger partial charge in [-0.15, -0.1) is 11.3 Å². The van der Waals surface area contributed by atoms with Crippen LogP contribution in [0.2, 0.25) is 0 Å². The number of amides is 1. The van der Waals surface area contributed by atoms with E-state index in [1.807, 2.05) is 46.4 Å². The molecular weight excluding hydrogens is 320 g/mol. The lowest BCUT2D eigenvalue weighted by molar-refractivity contribution is -0.122. The monoisotopic (exact) mass is 340 g/mol. The van der Waals surface area contributed by atoms with Crippen molar-refractivity contribution < 1.29 is 4.79 Å². The molecule has 0 bridgehead atoms.